The molecule has 0 amide bonds. The van der Waals surface area contributed by atoms with Crippen molar-refractivity contribution in [3.8, 4) is 0 Å². The van der Waals surface area contributed by atoms with Crippen LogP contribution >= 0.6 is 35.4 Å². The molecule has 2 aliphatic carbocycles. The second-order valence-electron chi connectivity index (χ2n) is 6.26. The molecule has 0 spiro atoms. The number of rotatable bonds is 2. The second-order valence-corrected chi connectivity index (χ2v) is 7.46. The molecule has 2 nitrogen and oxygen atoms in total. The summed E-state index contributed by atoms with van der Waals surface area (Å²) < 4.78 is 2.99. The Balaban J connectivity index is 1.74. The third-order valence-electron chi connectivity index (χ3n) is 5.12. The van der Waals surface area contributed by atoms with Crippen molar-refractivity contribution in [1.29, 1.82) is 0 Å². The molecule has 1 aromatic carbocycles. The predicted octanol–water partition coefficient (Wildman–Crippen LogP) is 5.44. The van der Waals surface area contributed by atoms with Gasteiger partial charge in [-0.1, -0.05) is 29.6 Å². The van der Waals surface area contributed by atoms with Crippen LogP contribution in [0.3, 0.4) is 0 Å². The molecule has 20 heavy (non-hydrogen) atoms. The Hall–Kier alpha value is -0.510. The fourth-order valence-electron chi connectivity index (χ4n) is 4.17. The zero-order valence-electron chi connectivity index (χ0n) is 11.0. The van der Waals surface area contributed by atoms with Crippen molar-refractivity contribution in [1.82, 2.24) is 9.55 Å². The van der Waals surface area contributed by atoms with Crippen LogP contribution in [0, 0.1) is 22.5 Å². The van der Waals surface area contributed by atoms with Gasteiger partial charge in [-0.25, -0.2) is 0 Å². The van der Waals surface area contributed by atoms with Gasteiger partial charge in [0.2, 0.25) is 0 Å². The molecular formula is C15H16Cl2N2S. The number of hydrogen-bond donors (Lipinski definition) is 1. The van der Waals surface area contributed by atoms with Gasteiger partial charge in [-0.05, 0) is 61.4 Å². The number of H-pyrrole nitrogens is 1. The first-order valence-corrected chi connectivity index (χ1v) is 8.36. The minimum Gasteiger partial charge on any atom is -0.331 e. The summed E-state index contributed by atoms with van der Waals surface area (Å²) in [4.78, 5) is 3.25. The van der Waals surface area contributed by atoms with Gasteiger partial charge >= 0.3 is 0 Å². The highest BCUT2D eigenvalue weighted by atomic mass is 35.5. The van der Waals surface area contributed by atoms with E-state index in [1.807, 2.05) is 12.1 Å². The lowest BCUT2D eigenvalue weighted by Crippen LogP contribution is -2.17. The molecule has 5 heteroatoms. The SMILES string of the molecule is S=c1[nH]c2cc(Cl)c(Cl)cc2n1CC1CC2CCC1C2. The number of hydrogen-bond acceptors (Lipinski definition) is 1. The molecule has 2 aromatic rings. The number of nitrogens with zero attached hydrogens (tertiary/aromatic N) is 1. The molecule has 2 bridgehead atoms. The molecule has 0 aliphatic heterocycles. The molecular weight excluding hydrogens is 311 g/mol. The van der Waals surface area contributed by atoms with Crippen molar-refractivity contribution in [2.75, 3.05) is 0 Å². The van der Waals surface area contributed by atoms with E-state index in [1.165, 1.54) is 25.7 Å². The molecule has 1 N–H and O–H groups in total. The Morgan fingerprint density at radius 2 is 2.00 bits per heavy atom. The summed E-state index contributed by atoms with van der Waals surface area (Å²) in [6, 6.07) is 3.80. The summed E-state index contributed by atoms with van der Waals surface area (Å²) in [5, 5.41) is 1.16. The number of aromatic amines is 1. The number of nitrogens with one attached hydrogen (secondary N) is 1. The largest absolute Gasteiger partial charge is 0.331 e. The second kappa shape index (κ2) is 4.75. The zero-order chi connectivity index (χ0) is 13.9. The van der Waals surface area contributed by atoms with Crippen LogP contribution in [-0.2, 0) is 6.54 Å². The Morgan fingerprint density at radius 1 is 1.20 bits per heavy atom. The highest BCUT2D eigenvalue weighted by Crippen LogP contribution is 2.49. The molecule has 2 aliphatic rings. The van der Waals surface area contributed by atoms with Gasteiger partial charge in [-0.3, -0.25) is 0 Å². The maximum atomic E-state index is 6.16. The van der Waals surface area contributed by atoms with E-state index < -0.39 is 0 Å². The molecule has 4 rings (SSSR count). The van der Waals surface area contributed by atoms with Gasteiger partial charge < -0.3 is 9.55 Å². The van der Waals surface area contributed by atoms with Gasteiger partial charge in [-0.15, -0.1) is 0 Å². The number of fused-ring (bicyclic) bond motifs is 3. The van der Waals surface area contributed by atoms with Crippen molar-refractivity contribution >= 4 is 46.5 Å². The van der Waals surface area contributed by atoms with Crippen LogP contribution in [-0.4, -0.2) is 9.55 Å². The van der Waals surface area contributed by atoms with Crippen LogP contribution in [0.2, 0.25) is 10.0 Å². The van der Waals surface area contributed by atoms with Gasteiger partial charge in [0.15, 0.2) is 4.77 Å². The Morgan fingerprint density at radius 3 is 2.70 bits per heavy atom. The van der Waals surface area contributed by atoms with Crippen LogP contribution in [0.25, 0.3) is 11.0 Å². The highest BCUT2D eigenvalue weighted by Gasteiger charge is 2.39. The van der Waals surface area contributed by atoms with Gasteiger partial charge in [-0.2, -0.15) is 0 Å². The summed E-state index contributed by atoms with van der Waals surface area (Å²) in [7, 11) is 0. The van der Waals surface area contributed by atoms with E-state index in [0.717, 1.165) is 40.1 Å². The maximum Gasteiger partial charge on any atom is 0.178 e. The Labute approximate surface area is 133 Å². The average molecular weight is 327 g/mol. The lowest BCUT2D eigenvalue weighted by molar-refractivity contribution is 0.297. The predicted molar refractivity (Wildman–Crippen MR) is 86.1 cm³/mol. The molecule has 1 heterocycles. The Bertz CT molecular complexity index is 733. The quantitative estimate of drug-likeness (QED) is 0.728. The summed E-state index contributed by atoms with van der Waals surface area (Å²) >= 11 is 17.7. The smallest absolute Gasteiger partial charge is 0.178 e. The molecule has 3 unspecified atom stereocenters. The number of benzene rings is 1. The third kappa shape index (κ3) is 2.02. The average Bonchev–Trinajstić information content (AvgIpc) is 3.08. The lowest BCUT2D eigenvalue weighted by atomic mass is 9.89. The number of aromatic nitrogens is 2. The standard InChI is InChI=1S/C15H16Cl2N2S/c16-11-5-13-14(6-12(11)17)19(15(20)18-13)7-10-4-8-1-2-9(10)3-8/h5-6,8-10H,1-4,7H2,(H,18,20). The van der Waals surface area contributed by atoms with Gasteiger partial charge in [0, 0.05) is 6.54 Å². The van der Waals surface area contributed by atoms with E-state index in [2.05, 4.69) is 9.55 Å². The van der Waals surface area contributed by atoms with Gasteiger partial charge in [0.1, 0.15) is 0 Å². The molecule has 2 saturated carbocycles. The van der Waals surface area contributed by atoms with Crippen LogP contribution < -0.4 is 0 Å². The van der Waals surface area contributed by atoms with Crippen molar-refractivity contribution < 1.29 is 0 Å². The summed E-state index contributed by atoms with van der Waals surface area (Å²) in [6.45, 7) is 1.01. The van der Waals surface area contributed by atoms with Crippen molar-refractivity contribution in [3.05, 3.63) is 26.9 Å². The van der Waals surface area contributed by atoms with E-state index >= 15 is 0 Å². The minimum atomic E-state index is 0.572. The van der Waals surface area contributed by atoms with Crippen molar-refractivity contribution in [2.45, 2.75) is 32.2 Å². The monoisotopic (exact) mass is 326 g/mol. The van der Waals surface area contributed by atoms with Crippen LogP contribution in [0.4, 0.5) is 0 Å². The van der Waals surface area contributed by atoms with E-state index in [9.17, 15) is 0 Å². The molecule has 0 saturated heterocycles. The number of halogens is 2. The van der Waals surface area contributed by atoms with Crippen molar-refractivity contribution in [3.63, 3.8) is 0 Å². The van der Waals surface area contributed by atoms with E-state index in [1.54, 1.807) is 0 Å². The van der Waals surface area contributed by atoms with Gasteiger partial charge in [0.25, 0.3) is 0 Å². The Kier molecular flexibility index (Phi) is 3.13. The van der Waals surface area contributed by atoms with E-state index in [4.69, 9.17) is 35.4 Å². The zero-order valence-corrected chi connectivity index (χ0v) is 13.4. The summed E-state index contributed by atoms with van der Waals surface area (Å²) in [5.74, 6) is 2.63. The van der Waals surface area contributed by atoms with Crippen molar-refractivity contribution in [2.24, 2.45) is 17.8 Å². The fraction of sp³-hybridized carbons (Fsp3) is 0.533. The minimum absolute atomic E-state index is 0.572. The molecule has 2 fully saturated rings. The fourth-order valence-corrected chi connectivity index (χ4v) is 4.77. The normalized spacial score (nSPS) is 28.6. The summed E-state index contributed by atoms with van der Waals surface area (Å²) in [6.07, 6.45) is 5.62. The molecule has 3 atom stereocenters. The van der Waals surface area contributed by atoms with Crippen LogP contribution in [0.15, 0.2) is 12.1 Å². The number of imidazole rings is 1. The summed E-state index contributed by atoms with van der Waals surface area (Å²) in [5.41, 5.74) is 2.06. The maximum absolute atomic E-state index is 6.16. The molecule has 0 radical (unpaired) electrons. The molecule has 1 aromatic heterocycles. The van der Waals surface area contributed by atoms with E-state index in [0.29, 0.717) is 10.0 Å². The topological polar surface area (TPSA) is 20.7 Å². The first-order chi connectivity index (χ1) is 9.61. The van der Waals surface area contributed by atoms with Gasteiger partial charge in [0.05, 0.1) is 21.1 Å². The first kappa shape index (κ1) is 13.2. The van der Waals surface area contributed by atoms with E-state index in [-0.39, 0.29) is 0 Å². The van der Waals surface area contributed by atoms with Crippen LogP contribution in [0.5, 0.6) is 0 Å². The third-order valence-corrected chi connectivity index (χ3v) is 6.16. The van der Waals surface area contributed by atoms with Crippen LogP contribution in [0.1, 0.15) is 25.7 Å². The first-order valence-electron chi connectivity index (χ1n) is 7.19. The highest BCUT2D eigenvalue weighted by molar-refractivity contribution is 7.71. The molecule has 106 valence electrons. The lowest BCUT2D eigenvalue weighted by Gasteiger charge is -2.22.